The van der Waals surface area contributed by atoms with E-state index in [1.165, 1.54) is 0 Å². The molecule has 2 heterocycles. The second-order valence-corrected chi connectivity index (χ2v) is 8.46. The van der Waals surface area contributed by atoms with Gasteiger partial charge in [0.15, 0.2) is 0 Å². The lowest BCUT2D eigenvalue weighted by Crippen LogP contribution is -2.35. The van der Waals surface area contributed by atoms with Gasteiger partial charge in [-0.1, -0.05) is 23.2 Å². The van der Waals surface area contributed by atoms with Gasteiger partial charge in [0.2, 0.25) is 0 Å². The van der Waals surface area contributed by atoms with Crippen LogP contribution in [0.15, 0.2) is 42.5 Å². The molecule has 2 aliphatic heterocycles. The van der Waals surface area contributed by atoms with Crippen LogP contribution in [-0.2, 0) is 11.3 Å². The van der Waals surface area contributed by atoms with Gasteiger partial charge >= 0.3 is 6.09 Å². The second-order valence-electron chi connectivity index (χ2n) is 7.59. The van der Waals surface area contributed by atoms with Crippen molar-refractivity contribution in [1.82, 2.24) is 9.80 Å². The Morgan fingerprint density at radius 1 is 0.931 bits per heavy atom. The van der Waals surface area contributed by atoms with Gasteiger partial charge in [0.25, 0.3) is 5.91 Å². The number of nitrogens with two attached hydrogens (primary N) is 1. The highest BCUT2D eigenvalue weighted by atomic mass is 35.5. The number of nitrogens with zero attached hydrogens (tertiary/aromatic N) is 2. The van der Waals surface area contributed by atoms with E-state index in [4.69, 9.17) is 33.7 Å². The molecule has 29 heavy (non-hydrogen) atoms. The molecule has 6 nitrogen and oxygen atoms in total. The highest BCUT2D eigenvalue weighted by Gasteiger charge is 2.43. The average Bonchev–Trinajstić information content (AvgIpc) is 3.25. The van der Waals surface area contributed by atoms with Crippen molar-refractivity contribution in [3.05, 3.63) is 63.6 Å². The summed E-state index contributed by atoms with van der Waals surface area (Å²) < 4.78 is 5.42. The van der Waals surface area contributed by atoms with Crippen LogP contribution in [0.25, 0.3) is 0 Å². The molecule has 2 aromatic rings. The summed E-state index contributed by atoms with van der Waals surface area (Å²) in [6, 6.07) is 12.0. The lowest BCUT2D eigenvalue weighted by Gasteiger charge is -2.21. The molecule has 8 heteroatoms. The van der Waals surface area contributed by atoms with Crippen LogP contribution in [0, 0.1) is 11.8 Å². The minimum Gasteiger partial charge on any atom is -0.445 e. The fourth-order valence-electron chi connectivity index (χ4n) is 4.05. The number of ether oxygens (including phenoxy) is 1. The van der Waals surface area contributed by atoms with Crippen LogP contribution in [-0.4, -0.2) is 48.0 Å². The molecular weight excluding hydrogens is 413 g/mol. The van der Waals surface area contributed by atoms with Gasteiger partial charge < -0.3 is 20.3 Å². The van der Waals surface area contributed by atoms with Crippen LogP contribution >= 0.6 is 23.2 Å². The molecule has 0 spiro atoms. The number of likely N-dealkylation sites (tertiary alicyclic amines) is 2. The van der Waals surface area contributed by atoms with Gasteiger partial charge in [0, 0.05) is 59.3 Å². The Kier molecular flexibility index (Phi) is 5.56. The van der Waals surface area contributed by atoms with Crippen molar-refractivity contribution in [2.24, 2.45) is 11.8 Å². The Labute approximate surface area is 179 Å². The number of hydrogen-bond donors (Lipinski definition) is 1. The molecule has 2 saturated heterocycles. The average molecular weight is 434 g/mol. The highest BCUT2D eigenvalue weighted by molar-refractivity contribution is 6.34. The summed E-state index contributed by atoms with van der Waals surface area (Å²) in [4.78, 5) is 28.7. The monoisotopic (exact) mass is 433 g/mol. The van der Waals surface area contributed by atoms with Crippen molar-refractivity contribution in [2.75, 3.05) is 31.9 Å². The molecule has 0 saturated carbocycles. The second kappa shape index (κ2) is 8.13. The van der Waals surface area contributed by atoms with Crippen LogP contribution in [0.1, 0.15) is 15.9 Å². The molecule has 2 aromatic carbocycles. The van der Waals surface area contributed by atoms with Gasteiger partial charge in [0.05, 0.1) is 0 Å². The number of fused-ring (bicyclic) bond motifs is 1. The van der Waals surface area contributed by atoms with Gasteiger partial charge in [-0.05, 0) is 48.0 Å². The Balaban J connectivity index is 1.30. The quantitative estimate of drug-likeness (QED) is 0.744. The normalized spacial score (nSPS) is 20.6. The molecule has 0 radical (unpaired) electrons. The molecule has 0 bridgehead atoms. The van der Waals surface area contributed by atoms with Crippen LogP contribution in [0.5, 0.6) is 0 Å². The molecule has 0 aromatic heterocycles. The van der Waals surface area contributed by atoms with E-state index in [0.29, 0.717) is 47.5 Å². The first kappa shape index (κ1) is 19.9. The van der Waals surface area contributed by atoms with E-state index in [2.05, 4.69) is 0 Å². The van der Waals surface area contributed by atoms with E-state index >= 15 is 0 Å². The lowest BCUT2D eigenvalue weighted by atomic mass is 10.0. The van der Waals surface area contributed by atoms with Crippen molar-refractivity contribution in [3.8, 4) is 0 Å². The van der Waals surface area contributed by atoms with Gasteiger partial charge in [-0.2, -0.15) is 0 Å². The van der Waals surface area contributed by atoms with Crippen LogP contribution in [0.4, 0.5) is 10.5 Å². The molecule has 2 N–H and O–H groups in total. The summed E-state index contributed by atoms with van der Waals surface area (Å²) in [5, 5.41) is 1.01. The Morgan fingerprint density at radius 2 is 1.48 bits per heavy atom. The number of hydrogen-bond acceptors (Lipinski definition) is 4. The predicted molar refractivity (Wildman–Crippen MR) is 112 cm³/mol. The van der Waals surface area contributed by atoms with E-state index in [-0.39, 0.29) is 30.4 Å². The third kappa shape index (κ3) is 4.43. The number of carbonyl (C=O) groups excluding carboxylic acids is 2. The van der Waals surface area contributed by atoms with Crippen molar-refractivity contribution >= 4 is 40.9 Å². The molecule has 2 fully saturated rings. The molecule has 152 valence electrons. The number of rotatable bonds is 3. The summed E-state index contributed by atoms with van der Waals surface area (Å²) in [5.74, 6) is 0.535. The van der Waals surface area contributed by atoms with E-state index in [0.717, 1.165) is 5.56 Å². The SMILES string of the molecule is Nc1ccc(C(=O)N2CC3CN(C(=O)OCc4cc(Cl)cc(Cl)c4)CC3C2)cc1. The Hall–Kier alpha value is -2.44. The number of carbonyl (C=O) groups is 2. The maximum Gasteiger partial charge on any atom is 0.410 e. The molecule has 2 unspecified atom stereocenters. The molecule has 2 aliphatic rings. The van der Waals surface area contributed by atoms with Crippen molar-refractivity contribution in [1.29, 1.82) is 0 Å². The van der Waals surface area contributed by atoms with Crippen molar-refractivity contribution < 1.29 is 14.3 Å². The number of amides is 2. The van der Waals surface area contributed by atoms with Gasteiger partial charge in [0.1, 0.15) is 6.61 Å². The fraction of sp³-hybridized carbons (Fsp3) is 0.333. The van der Waals surface area contributed by atoms with Crippen molar-refractivity contribution in [2.45, 2.75) is 6.61 Å². The zero-order valence-electron chi connectivity index (χ0n) is 15.7. The summed E-state index contributed by atoms with van der Waals surface area (Å²) in [5.41, 5.74) is 7.70. The Bertz CT molecular complexity index is 901. The van der Waals surface area contributed by atoms with E-state index < -0.39 is 0 Å². The van der Waals surface area contributed by atoms with Gasteiger partial charge in [-0.3, -0.25) is 4.79 Å². The maximum absolute atomic E-state index is 12.7. The first-order valence-electron chi connectivity index (χ1n) is 9.40. The summed E-state index contributed by atoms with van der Waals surface area (Å²) >= 11 is 11.9. The van der Waals surface area contributed by atoms with Gasteiger partial charge in [-0.15, -0.1) is 0 Å². The molecule has 2 amide bonds. The third-order valence-corrected chi connectivity index (χ3v) is 5.91. The summed E-state index contributed by atoms with van der Waals surface area (Å²) in [6.45, 7) is 2.58. The smallest absolute Gasteiger partial charge is 0.410 e. The largest absolute Gasteiger partial charge is 0.445 e. The number of nitrogen functional groups attached to an aromatic ring is 1. The topological polar surface area (TPSA) is 75.9 Å². The summed E-state index contributed by atoms with van der Waals surface area (Å²) in [7, 11) is 0. The fourth-order valence-corrected chi connectivity index (χ4v) is 4.62. The van der Waals surface area contributed by atoms with Crippen LogP contribution in [0.2, 0.25) is 10.0 Å². The van der Waals surface area contributed by atoms with Gasteiger partial charge in [-0.25, -0.2) is 4.79 Å². The van der Waals surface area contributed by atoms with Crippen molar-refractivity contribution in [3.63, 3.8) is 0 Å². The molecule has 2 atom stereocenters. The van der Waals surface area contributed by atoms with E-state index in [9.17, 15) is 9.59 Å². The molecule has 0 aliphatic carbocycles. The lowest BCUT2D eigenvalue weighted by molar-refractivity contribution is 0.0764. The zero-order chi connectivity index (χ0) is 20.5. The first-order valence-corrected chi connectivity index (χ1v) is 10.2. The number of halogens is 2. The predicted octanol–water partition coefficient (Wildman–Crippen LogP) is 3.92. The first-order chi connectivity index (χ1) is 13.9. The van der Waals surface area contributed by atoms with E-state index in [1.807, 2.05) is 4.90 Å². The minimum absolute atomic E-state index is 0.00589. The third-order valence-electron chi connectivity index (χ3n) is 5.47. The summed E-state index contributed by atoms with van der Waals surface area (Å²) in [6.07, 6.45) is -0.355. The zero-order valence-corrected chi connectivity index (χ0v) is 17.2. The van der Waals surface area contributed by atoms with Crippen LogP contribution in [0.3, 0.4) is 0 Å². The number of benzene rings is 2. The maximum atomic E-state index is 12.7. The number of anilines is 1. The Morgan fingerprint density at radius 3 is 2.07 bits per heavy atom. The standard InChI is InChI=1S/C21H21Cl2N3O3/c22-17-5-13(6-18(23)7-17)12-29-21(28)26-10-15-8-25(9-16(15)11-26)20(27)14-1-3-19(24)4-2-14/h1-7,15-16H,8-12,24H2. The van der Waals surface area contributed by atoms with E-state index in [1.54, 1.807) is 47.4 Å². The molecule has 4 rings (SSSR count). The minimum atomic E-state index is -0.355. The highest BCUT2D eigenvalue weighted by Crippen LogP contribution is 2.32. The molecular formula is C21H21Cl2N3O3. The van der Waals surface area contributed by atoms with Crippen LogP contribution < -0.4 is 5.73 Å².